The summed E-state index contributed by atoms with van der Waals surface area (Å²) in [6.07, 6.45) is 1.04. The highest BCUT2D eigenvalue weighted by Crippen LogP contribution is 2.29. The lowest BCUT2D eigenvalue weighted by Crippen LogP contribution is -2.42. The van der Waals surface area contributed by atoms with Gasteiger partial charge < -0.3 is 10.6 Å². The summed E-state index contributed by atoms with van der Waals surface area (Å²) >= 11 is 11.4. The molecule has 7 nitrogen and oxygen atoms in total. The van der Waals surface area contributed by atoms with Gasteiger partial charge in [0.15, 0.2) is 5.82 Å². The van der Waals surface area contributed by atoms with E-state index in [4.69, 9.17) is 22.3 Å². The van der Waals surface area contributed by atoms with Crippen LogP contribution in [0.15, 0.2) is 99.6 Å². The molecule has 1 amide bonds. The first-order valence-corrected chi connectivity index (χ1v) is 14.8. The van der Waals surface area contributed by atoms with Crippen LogP contribution in [0.4, 0.5) is 5.69 Å². The molecule has 0 saturated carbocycles. The van der Waals surface area contributed by atoms with Gasteiger partial charge in [-0.2, -0.15) is 0 Å². The van der Waals surface area contributed by atoms with Gasteiger partial charge in [-0.25, -0.2) is 9.66 Å². The first-order valence-electron chi connectivity index (χ1n) is 12.8. The average Bonchev–Trinajstić information content (AvgIpc) is 3.48. The quantitative estimate of drug-likeness (QED) is 0.182. The molecular formula is C30H27BrClN5O2S. The van der Waals surface area contributed by atoms with Crippen LogP contribution in [0, 0.1) is 0 Å². The summed E-state index contributed by atoms with van der Waals surface area (Å²) in [7, 11) is 0. The van der Waals surface area contributed by atoms with Gasteiger partial charge >= 0.3 is 0 Å². The average molecular weight is 637 g/mol. The maximum Gasteiger partial charge on any atom is 0.280 e. The minimum atomic E-state index is -0.589. The molecule has 5 aromatic rings. The lowest BCUT2D eigenvalue weighted by Gasteiger charge is -2.33. The maximum atomic E-state index is 14.1. The van der Waals surface area contributed by atoms with Gasteiger partial charge in [0.1, 0.15) is 0 Å². The Hall–Kier alpha value is -3.50. The molecule has 0 fully saturated rings. The van der Waals surface area contributed by atoms with Crippen LogP contribution in [-0.2, 0) is 6.42 Å². The highest BCUT2D eigenvalue weighted by molar-refractivity contribution is 9.10. The topological polar surface area (TPSA) is 93.2 Å². The standard InChI is InChI=1S/C30H27BrClN5O2S/c31-21-11-9-20(10-12-21)29(38)36(16-5-15-33)27(19-24-8-4-17-40-24)28-34-26-18-22(32)13-14-25(26)30(39)37(28)35-23-6-2-1-3-7-23/h1-4,6-14,17-18,27,35H,5,15-16,19,33H2. The second-order valence-electron chi connectivity index (χ2n) is 9.20. The third-order valence-electron chi connectivity index (χ3n) is 6.48. The minimum absolute atomic E-state index is 0.172. The van der Waals surface area contributed by atoms with Gasteiger partial charge in [0.25, 0.3) is 11.5 Å². The van der Waals surface area contributed by atoms with E-state index in [0.29, 0.717) is 58.9 Å². The largest absolute Gasteiger partial charge is 0.330 e. The molecule has 0 aliphatic rings. The molecule has 2 aromatic heterocycles. The number of carbonyl (C=O) groups excluding carboxylic acids is 1. The summed E-state index contributed by atoms with van der Waals surface area (Å²) in [6, 6.07) is 25.1. The van der Waals surface area contributed by atoms with E-state index in [1.54, 1.807) is 46.6 Å². The Kier molecular flexibility index (Phi) is 8.96. The number of hydrogen-bond donors (Lipinski definition) is 2. The molecule has 3 aromatic carbocycles. The number of carbonyl (C=O) groups is 1. The number of aromatic nitrogens is 2. The second kappa shape index (κ2) is 12.8. The summed E-state index contributed by atoms with van der Waals surface area (Å²) in [6.45, 7) is 0.794. The number of nitrogens with one attached hydrogen (secondary N) is 1. The van der Waals surface area contributed by atoms with E-state index < -0.39 is 6.04 Å². The predicted molar refractivity (Wildman–Crippen MR) is 166 cm³/mol. The summed E-state index contributed by atoms with van der Waals surface area (Å²) in [5, 5.41) is 2.88. The fraction of sp³-hybridized carbons (Fsp3) is 0.167. The molecule has 10 heteroatoms. The number of anilines is 1. The highest BCUT2D eigenvalue weighted by atomic mass is 79.9. The van der Waals surface area contributed by atoms with Crippen molar-refractivity contribution in [3.05, 3.63) is 126 Å². The van der Waals surface area contributed by atoms with Crippen LogP contribution in [0.3, 0.4) is 0 Å². The summed E-state index contributed by atoms with van der Waals surface area (Å²) in [4.78, 5) is 35.9. The Balaban J connectivity index is 1.73. The van der Waals surface area contributed by atoms with Gasteiger partial charge in [0.2, 0.25) is 0 Å². The summed E-state index contributed by atoms with van der Waals surface area (Å²) < 4.78 is 2.33. The molecule has 5 rings (SSSR count). The van der Waals surface area contributed by atoms with Crippen molar-refractivity contribution in [3.8, 4) is 0 Å². The van der Waals surface area contributed by atoms with Gasteiger partial charge in [-0.05, 0) is 79.0 Å². The molecule has 3 N–H and O–H groups in total. The molecule has 40 heavy (non-hydrogen) atoms. The molecular weight excluding hydrogens is 610 g/mol. The first-order chi connectivity index (χ1) is 19.4. The number of thiophene rings is 1. The van der Waals surface area contributed by atoms with Crippen molar-refractivity contribution in [1.29, 1.82) is 0 Å². The molecule has 1 atom stereocenters. The van der Waals surface area contributed by atoms with Crippen LogP contribution < -0.4 is 16.7 Å². The number of rotatable bonds is 10. The van der Waals surface area contributed by atoms with E-state index in [1.165, 1.54) is 4.68 Å². The second-order valence-corrected chi connectivity index (χ2v) is 11.6. The van der Waals surface area contributed by atoms with Crippen LogP contribution in [0.5, 0.6) is 0 Å². The third kappa shape index (κ3) is 6.28. The van der Waals surface area contributed by atoms with Gasteiger partial charge in [0.05, 0.1) is 22.6 Å². The number of benzene rings is 3. The summed E-state index contributed by atoms with van der Waals surface area (Å²) in [5.74, 6) is 0.230. The molecule has 204 valence electrons. The first kappa shape index (κ1) is 28.0. The Bertz CT molecular complexity index is 1660. The Morgan fingerprint density at radius 2 is 1.85 bits per heavy atom. The molecule has 0 bridgehead atoms. The predicted octanol–water partition coefficient (Wildman–Crippen LogP) is 6.52. The lowest BCUT2D eigenvalue weighted by molar-refractivity contribution is 0.0662. The SMILES string of the molecule is NCCCN(C(=O)c1ccc(Br)cc1)C(Cc1cccs1)c1nc2cc(Cl)ccc2c(=O)n1Nc1ccccc1. The van der Waals surface area contributed by atoms with Crippen molar-refractivity contribution in [2.24, 2.45) is 5.73 Å². The van der Waals surface area contributed by atoms with E-state index >= 15 is 0 Å². The van der Waals surface area contributed by atoms with Crippen molar-refractivity contribution in [3.63, 3.8) is 0 Å². The fourth-order valence-corrected chi connectivity index (χ4v) is 5.70. The van der Waals surface area contributed by atoms with Crippen LogP contribution in [-0.4, -0.2) is 33.6 Å². The zero-order chi connectivity index (χ0) is 28.1. The molecule has 0 radical (unpaired) electrons. The van der Waals surface area contributed by atoms with E-state index in [0.717, 1.165) is 9.35 Å². The summed E-state index contributed by atoms with van der Waals surface area (Å²) in [5.41, 5.74) is 10.6. The van der Waals surface area contributed by atoms with Gasteiger partial charge in [-0.1, -0.05) is 51.8 Å². The third-order valence-corrected chi connectivity index (χ3v) is 8.14. The number of halogens is 2. The molecule has 0 aliphatic heterocycles. The Morgan fingerprint density at radius 1 is 1.07 bits per heavy atom. The van der Waals surface area contributed by atoms with Crippen molar-refractivity contribution in [1.82, 2.24) is 14.6 Å². The van der Waals surface area contributed by atoms with Gasteiger partial charge in [0, 0.05) is 32.9 Å². The number of nitrogens with two attached hydrogens (primary N) is 1. The molecule has 1 unspecified atom stereocenters. The highest BCUT2D eigenvalue weighted by Gasteiger charge is 2.31. The number of hydrogen-bond acceptors (Lipinski definition) is 6. The Morgan fingerprint density at radius 3 is 2.55 bits per heavy atom. The molecule has 0 saturated heterocycles. The van der Waals surface area contributed by atoms with Crippen LogP contribution in [0.2, 0.25) is 5.02 Å². The fourth-order valence-electron chi connectivity index (χ4n) is 4.53. The Labute approximate surface area is 249 Å². The molecule has 2 heterocycles. The van der Waals surface area contributed by atoms with Gasteiger partial charge in [-0.15, -0.1) is 11.3 Å². The number of para-hydroxylation sites is 1. The lowest BCUT2D eigenvalue weighted by atomic mass is 10.1. The zero-order valence-electron chi connectivity index (χ0n) is 21.5. The van der Waals surface area contributed by atoms with E-state index in [1.807, 2.05) is 60.0 Å². The van der Waals surface area contributed by atoms with Crippen molar-refractivity contribution < 1.29 is 4.79 Å². The monoisotopic (exact) mass is 635 g/mol. The van der Waals surface area contributed by atoms with Crippen LogP contribution in [0.25, 0.3) is 10.9 Å². The van der Waals surface area contributed by atoms with Gasteiger partial charge in [-0.3, -0.25) is 15.0 Å². The van der Waals surface area contributed by atoms with E-state index in [2.05, 4.69) is 21.4 Å². The van der Waals surface area contributed by atoms with E-state index in [9.17, 15) is 9.59 Å². The molecule has 0 aliphatic carbocycles. The van der Waals surface area contributed by atoms with Crippen molar-refractivity contribution >= 4 is 61.4 Å². The van der Waals surface area contributed by atoms with Crippen LogP contribution >= 0.6 is 38.9 Å². The normalized spacial score (nSPS) is 11.9. The smallest absolute Gasteiger partial charge is 0.280 e. The molecule has 0 spiro atoms. The number of nitrogens with zero attached hydrogens (tertiary/aromatic N) is 3. The number of amides is 1. The van der Waals surface area contributed by atoms with Crippen LogP contribution in [0.1, 0.15) is 33.5 Å². The van der Waals surface area contributed by atoms with E-state index in [-0.39, 0.29) is 11.5 Å². The zero-order valence-corrected chi connectivity index (χ0v) is 24.6. The number of fused-ring (bicyclic) bond motifs is 1. The van der Waals surface area contributed by atoms with Crippen molar-refractivity contribution in [2.75, 3.05) is 18.5 Å². The maximum absolute atomic E-state index is 14.1. The minimum Gasteiger partial charge on any atom is -0.330 e. The van der Waals surface area contributed by atoms with Crippen molar-refractivity contribution in [2.45, 2.75) is 18.9 Å².